The molecule has 0 amide bonds. The zero-order valence-corrected chi connectivity index (χ0v) is 9.26. The molecule has 2 heteroatoms. The molecule has 0 bridgehead atoms. The van der Waals surface area contributed by atoms with E-state index in [1.807, 2.05) is 6.07 Å². The van der Waals surface area contributed by atoms with Gasteiger partial charge in [-0.05, 0) is 26.0 Å². The highest BCUT2D eigenvalue weighted by Gasteiger charge is 2.01. The van der Waals surface area contributed by atoms with Crippen LogP contribution >= 0.6 is 0 Å². The zero-order valence-electron chi connectivity index (χ0n) is 9.26. The molecule has 0 fully saturated rings. The SMILES string of the molecule is CCCNCc1cc(C)ccc1OC. The van der Waals surface area contributed by atoms with Crippen molar-refractivity contribution < 1.29 is 4.74 Å². The summed E-state index contributed by atoms with van der Waals surface area (Å²) in [5.41, 5.74) is 2.51. The van der Waals surface area contributed by atoms with E-state index in [2.05, 4.69) is 31.3 Å². The van der Waals surface area contributed by atoms with Crippen molar-refractivity contribution in [3.63, 3.8) is 0 Å². The van der Waals surface area contributed by atoms with Crippen LogP contribution in [0.2, 0.25) is 0 Å². The Morgan fingerprint density at radius 2 is 2.14 bits per heavy atom. The third-order valence-corrected chi connectivity index (χ3v) is 2.18. The number of ether oxygens (including phenoxy) is 1. The smallest absolute Gasteiger partial charge is 0.123 e. The number of benzene rings is 1. The molecule has 2 nitrogen and oxygen atoms in total. The van der Waals surface area contributed by atoms with Crippen LogP contribution in [0.25, 0.3) is 0 Å². The number of hydrogen-bond acceptors (Lipinski definition) is 2. The van der Waals surface area contributed by atoms with Gasteiger partial charge < -0.3 is 10.1 Å². The molecule has 0 saturated carbocycles. The summed E-state index contributed by atoms with van der Waals surface area (Å²) in [6.07, 6.45) is 1.16. The lowest BCUT2D eigenvalue weighted by atomic mass is 10.1. The highest BCUT2D eigenvalue weighted by Crippen LogP contribution is 2.19. The first kappa shape index (κ1) is 11.1. The first-order valence-electron chi connectivity index (χ1n) is 5.12. The normalized spacial score (nSPS) is 10.2. The lowest BCUT2D eigenvalue weighted by Crippen LogP contribution is -2.14. The summed E-state index contributed by atoms with van der Waals surface area (Å²) in [6.45, 7) is 6.21. The molecule has 14 heavy (non-hydrogen) atoms. The van der Waals surface area contributed by atoms with Gasteiger partial charge in [0.2, 0.25) is 0 Å². The molecule has 78 valence electrons. The van der Waals surface area contributed by atoms with Crippen molar-refractivity contribution in [2.75, 3.05) is 13.7 Å². The molecule has 0 spiro atoms. The Hall–Kier alpha value is -1.02. The second kappa shape index (κ2) is 5.66. The van der Waals surface area contributed by atoms with Crippen LogP contribution < -0.4 is 10.1 Å². The second-order valence-electron chi connectivity index (χ2n) is 3.49. The van der Waals surface area contributed by atoms with Gasteiger partial charge in [-0.3, -0.25) is 0 Å². The summed E-state index contributed by atoms with van der Waals surface area (Å²) in [6, 6.07) is 6.27. The van der Waals surface area contributed by atoms with Gasteiger partial charge in [-0.25, -0.2) is 0 Å². The standard InChI is InChI=1S/C12H19NO/c1-4-7-13-9-11-8-10(2)5-6-12(11)14-3/h5-6,8,13H,4,7,9H2,1-3H3. The van der Waals surface area contributed by atoms with Crippen molar-refractivity contribution in [2.45, 2.75) is 26.8 Å². The van der Waals surface area contributed by atoms with Crippen LogP contribution in [-0.4, -0.2) is 13.7 Å². The number of rotatable bonds is 5. The molecule has 1 aromatic rings. The molecule has 0 atom stereocenters. The van der Waals surface area contributed by atoms with Crippen molar-refractivity contribution in [3.8, 4) is 5.75 Å². The van der Waals surface area contributed by atoms with Gasteiger partial charge in [0.05, 0.1) is 7.11 Å². The Labute approximate surface area is 86.3 Å². The lowest BCUT2D eigenvalue weighted by molar-refractivity contribution is 0.407. The summed E-state index contributed by atoms with van der Waals surface area (Å²) >= 11 is 0. The quantitative estimate of drug-likeness (QED) is 0.725. The molecule has 0 heterocycles. The van der Waals surface area contributed by atoms with Gasteiger partial charge in [0.1, 0.15) is 5.75 Å². The molecule has 0 aliphatic rings. The van der Waals surface area contributed by atoms with E-state index in [0.29, 0.717) is 0 Å². The maximum absolute atomic E-state index is 5.29. The van der Waals surface area contributed by atoms with E-state index in [-0.39, 0.29) is 0 Å². The topological polar surface area (TPSA) is 21.3 Å². The summed E-state index contributed by atoms with van der Waals surface area (Å²) in [7, 11) is 1.72. The van der Waals surface area contributed by atoms with Crippen molar-refractivity contribution in [2.24, 2.45) is 0 Å². The molecule has 1 N–H and O–H groups in total. The van der Waals surface area contributed by atoms with Crippen molar-refractivity contribution >= 4 is 0 Å². The van der Waals surface area contributed by atoms with Crippen molar-refractivity contribution in [1.82, 2.24) is 5.32 Å². The summed E-state index contributed by atoms with van der Waals surface area (Å²) < 4.78 is 5.29. The lowest BCUT2D eigenvalue weighted by Gasteiger charge is -2.09. The summed E-state index contributed by atoms with van der Waals surface area (Å²) in [5.74, 6) is 0.971. The van der Waals surface area contributed by atoms with Crippen LogP contribution in [0.5, 0.6) is 5.75 Å². The van der Waals surface area contributed by atoms with E-state index in [1.54, 1.807) is 7.11 Å². The highest BCUT2D eigenvalue weighted by molar-refractivity contribution is 5.36. The van der Waals surface area contributed by atoms with Gasteiger partial charge in [0, 0.05) is 12.1 Å². The number of methoxy groups -OCH3 is 1. The van der Waals surface area contributed by atoms with Crippen molar-refractivity contribution in [3.05, 3.63) is 29.3 Å². The fourth-order valence-corrected chi connectivity index (χ4v) is 1.45. The molecule has 1 rings (SSSR count). The first-order valence-corrected chi connectivity index (χ1v) is 5.12. The minimum Gasteiger partial charge on any atom is -0.496 e. The van der Waals surface area contributed by atoms with Gasteiger partial charge in [-0.1, -0.05) is 24.6 Å². The summed E-state index contributed by atoms with van der Waals surface area (Å²) in [5, 5.41) is 3.37. The third kappa shape index (κ3) is 3.04. The molecule has 1 aromatic carbocycles. The van der Waals surface area contributed by atoms with E-state index >= 15 is 0 Å². The van der Waals surface area contributed by atoms with Crippen LogP contribution in [0.15, 0.2) is 18.2 Å². The van der Waals surface area contributed by atoms with Crippen molar-refractivity contribution in [1.29, 1.82) is 0 Å². The van der Waals surface area contributed by atoms with E-state index < -0.39 is 0 Å². The van der Waals surface area contributed by atoms with Gasteiger partial charge in [-0.15, -0.1) is 0 Å². The molecule has 0 saturated heterocycles. The molecular formula is C12H19NO. The maximum atomic E-state index is 5.29. The first-order chi connectivity index (χ1) is 6.77. The Balaban J connectivity index is 2.67. The van der Waals surface area contributed by atoms with Crippen LogP contribution in [-0.2, 0) is 6.54 Å². The molecule has 0 aliphatic carbocycles. The fourth-order valence-electron chi connectivity index (χ4n) is 1.45. The van der Waals surface area contributed by atoms with E-state index in [4.69, 9.17) is 4.74 Å². The molecule has 0 aromatic heterocycles. The average Bonchev–Trinajstić information content (AvgIpc) is 2.19. The Bertz CT molecular complexity index is 284. The Kier molecular flexibility index (Phi) is 4.47. The maximum Gasteiger partial charge on any atom is 0.123 e. The molecule has 0 unspecified atom stereocenters. The minimum absolute atomic E-state index is 0.888. The molecule has 0 aliphatic heterocycles. The van der Waals surface area contributed by atoms with Crippen LogP contribution in [0.3, 0.4) is 0 Å². The predicted molar refractivity (Wildman–Crippen MR) is 59.7 cm³/mol. The highest BCUT2D eigenvalue weighted by atomic mass is 16.5. The fraction of sp³-hybridized carbons (Fsp3) is 0.500. The largest absolute Gasteiger partial charge is 0.496 e. The minimum atomic E-state index is 0.888. The number of hydrogen-bond donors (Lipinski definition) is 1. The molecular weight excluding hydrogens is 174 g/mol. The number of aryl methyl sites for hydroxylation is 1. The van der Waals surface area contributed by atoms with E-state index in [0.717, 1.165) is 25.3 Å². The van der Waals surface area contributed by atoms with Gasteiger partial charge in [0.25, 0.3) is 0 Å². The second-order valence-corrected chi connectivity index (χ2v) is 3.49. The van der Waals surface area contributed by atoms with Gasteiger partial charge in [-0.2, -0.15) is 0 Å². The van der Waals surface area contributed by atoms with Crippen LogP contribution in [0, 0.1) is 6.92 Å². The average molecular weight is 193 g/mol. The van der Waals surface area contributed by atoms with Crippen LogP contribution in [0.1, 0.15) is 24.5 Å². The Morgan fingerprint density at radius 1 is 1.36 bits per heavy atom. The summed E-state index contributed by atoms with van der Waals surface area (Å²) in [4.78, 5) is 0. The van der Waals surface area contributed by atoms with E-state index in [1.165, 1.54) is 11.1 Å². The monoisotopic (exact) mass is 193 g/mol. The molecule has 0 radical (unpaired) electrons. The van der Waals surface area contributed by atoms with Gasteiger partial charge >= 0.3 is 0 Å². The van der Waals surface area contributed by atoms with Crippen LogP contribution in [0.4, 0.5) is 0 Å². The van der Waals surface area contributed by atoms with E-state index in [9.17, 15) is 0 Å². The third-order valence-electron chi connectivity index (χ3n) is 2.18. The zero-order chi connectivity index (χ0) is 10.4. The van der Waals surface area contributed by atoms with Gasteiger partial charge in [0.15, 0.2) is 0 Å². The number of nitrogens with one attached hydrogen (secondary N) is 1. The predicted octanol–water partition coefficient (Wildman–Crippen LogP) is 2.50. The Morgan fingerprint density at radius 3 is 2.79 bits per heavy atom.